The van der Waals surface area contributed by atoms with Crippen LogP contribution in [0.5, 0.6) is 0 Å². The Balaban J connectivity index is 1.64. The third kappa shape index (κ3) is 3.49. The van der Waals surface area contributed by atoms with E-state index < -0.39 is 0 Å². The van der Waals surface area contributed by atoms with E-state index in [9.17, 15) is 4.79 Å². The summed E-state index contributed by atoms with van der Waals surface area (Å²) in [7, 11) is 0. The van der Waals surface area contributed by atoms with Gasteiger partial charge in [-0.1, -0.05) is 0 Å². The van der Waals surface area contributed by atoms with Gasteiger partial charge in [-0.05, 0) is 26.7 Å². The molecule has 1 atom stereocenters. The van der Waals surface area contributed by atoms with Crippen LogP contribution in [0.25, 0.3) is 0 Å². The van der Waals surface area contributed by atoms with Crippen LogP contribution < -0.4 is 0 Å². The van der Waals surface area contributed by atoms with Crippen molar-refractivity contribution < 1.29 is 4.79 Å². The maximum absolute atomic E-state index is 12.4. The summed E-state index contributed by atoms with van der Waals surface area (Å²) < 4.78 is 0. The molecule has 3 heterocycles. The fourth-order valence-electron chi connectivity index (χ4n) is 2.72. The van der Waals surface area contributed by atoms with Gasteiger partial charge in [-0.2, -0.15) is 0 Å². The molecule has 0 aromatic carbocycles. The number of nitrogens with zero attached hydrogens (tertiary/aromatic N) is 3. The summed E-state index contributed by atoms with van der Waals surface area (Å²) in [5, 5.41) is 4.18. The van der Waals surface area contributed by atoms with Crippen LogP contribution in [0.15, 0.2) is 11.6 Å². The number of likely N-dealkylation sites (tertiary alicyclic amines) is 1. The Morgan fingerprint density at radius 2 is 2.33 bits per heavy atom. The first-order valence-corrected chi connectivity index (χ1v) is 8.92. The molecule has 0 bridgehead atoms. The molecule has 6 heteroatoms. The van der Waals surface area contributed by atoms with Gasteiger partial charge >= 0.3 is 0 Å². The van der Waals surface area contributed by atoms with Gasteiger partial charge in [0.05, 0.1) is 22.1 Å². The Bertz CT molecular complexity index is 634. The summed E-state index contributed by atoms with van der Waals surface area (Å²) in [6, 6.07) is 0. The number of piperidine rings is 1. The normalized spacial score (nSPS) is 19.0. The van der Waals surface area contributed by atoms with E-state index in [-0.39, 0.29) is 5.91 Å². The van der Waals surface area contributed by atoms with E-state index in [1.54, 1.807) is 22.7 Å². The predicted octanol–water partition coefficient (Wildman–Crippen LogP) is 3.17. The zero-order chi connectivity index (χ0) is 14.8. The zero-order valence-electron chi connectivity index (χ0n) is 12.3. The van der Waals surface area contributed by atoms with E-state index in [4.69, 9.17) is 0 Å². The second kappa shape index (κ2) is 6.23. The van der Waals surface area contributed by atoms with E-state index in [2.05, 4.69) is 16.9 Å². The van der Waals surface area contributed by atoms with Gasteiger partial charge in [-0.3, -0.25) is 4.79 Å². The van der Waals surface area contributed by atoms with Gasteiger partial charge in [-0.15, -0.1) is 22.7 Å². The first-order valence-electron chi connectivity index (χ1n) is 7.23. The fourth-order valence-corrected chi connectivity index (χ4v) is 4.23. The second-order valence-corrected chi connectivity index (χ2v) is 7.85. The molecule has 1 saturated heterocycles. The molecule has 0 saturated carbocycles. The topological polar surface area (TPSA) is 46.1 Å². The summed E-state index contributed by atoms with van der Waals surface area (Å²) in [6.45, 7) is 5.72. The van der Waals surface area contributed by atoms with Crippen molar-refractivity contribution in [3.05, 3.63) is 32.2 Å². The SMILES string of the molecule is Cc1cnc([C@H]2CCCN(C(=O)Cc3csc(C)n3)C2)s1. The minimum atomic E-state index is 0.193. The third-order valence-electron chi connectivity index (χ3n) is 3.76. The lowest BCUT2D eigenvalue weighted by Crippen LogP contribution is -2.40. The second-order valence-electron chi connectivity index (χ2n) is 5.52. The first-order chi connectivity index (χ1) is 10.1. The molecule has 1 fully saturated rings. The Morgan fingerprint density at radius 1 is 1.48 bits per heavy atom. The number of hydrogen-bond donors (Lipinski definition) is 0. The highest BCUT2D eigenvalue weighted by Crippen LogP contribution is 2.30. The lowest BCUT2D eigenvalue weighted by atomic mass is 9.98. The van der Waals surface area contributed by atoms with Gasteiger partial charge < -0.3 is 4.90 Å². The van der Waals surface area contributed by atoms with Crippen molar-refractivity contribution in [3.63, 3.8) is 0 Å². The van der Waals surface area contributed by atoms with E-state index in [0.717, 1.165) is 36.6 Å². The standard InChI is InChI=1S/C15H19N3OS2/c1-10-7-16-15(21-10)12-4-3-5-18(8-12)14(19)6-13-9-20-11(2)17-13/h7,9,12H,3-6,8H2,1-2H3/t12-/m0/s1. The molecule has 0 spiro atoms. The van der Waals surface area contributed by atoms with Crippen LogP contribution in [0.2, 0.25) is 0 Å². The average molecular weight is 321 g/mol. The molecule has 2 aromatic heterocycles. The highest BCUT2D eigenvalue weighted by atomic mass is 32.1. The summed E-state index contributed by atoms with van der Waals surface area (Å²) in [5.41, 5.74) is 0.898. The van der Waals surface area contributed by atoms with Crippen molar-refractivity contribution in [2.75, 3.05) is 13.1 Å². The molecule has 0 aliphatic carbocycles. The Kier molecular flexibility index (Phi) is 4.35. The van der Waals surface area contributed by atoms with Gasteiger partial charge in [0.2, 0.25) is 5.91 Å². The van der Waals surface area contributed by atoms with Gasteiger partial charge in [0.25, 0.3) is 0 Å². The highest BCUT2D eigenvalue weighted by molar-refractivity contribution is 7.11. The number of hydrogen-bond acceptors (Lipinski definition) is 5. The summed E-state index contributed by atoms with van der Waals surface area (Å²) in [4.78, 5) is 24.5. The molecular weight excluding hydrogens is 302 g/mol. The van der Waals surface area contributed by atoms with Crippen LogP contribution in [0.1, 0.15) is 39.3 Å². The molecule has 1 amide bonds. The smallest absolute Gasteiger partial charge is 0.228 e. The largest absolute Gasteiger partial charge is 0.342 e. The average Bonchev–Trinajstić information content (AvgIpc) is 3.08. The number of amides is 1. The van der Waals surface area contributed by atoms with Crippen LogP contribution in [0, 0.1) is 13.8 Å². The van der Waals surface area contributed by atoms with Crippen molar-refractivity contribution in [2.24, 2.45) is 0 Å². The Labute approximate surface area is 132 Å². The Morgan fingerprint density at radius 3 is 3.00 bits per heavy atom. The van der Waals surface area contributed by atoms with E-state index in [1.165, 1.54) is 9.88 Å². The summed E-state index contributed by atoms with van der Waals surface area (Å²) in [6.07, 6.45) is 4.55. The molecule has 0 radical (unpaired) electrons. The highest BCUT2D eigenvalue weighted by Gasteiger charge is 2.26. The molecule has 21 heavy (non-hydrogen) atoms. The molecule has 112 valence electrons. The molecular formula is C15H19N3OS2. The van der Waals surface area contributed by atoms with Gasteiger partial charge in [0, 0.05) is 35.5 Å². The van der Waals surface area contributed by atoms with Crippen LogP contribution in [-0.2, 0) is 11.2 Å². The zero-order valence-corrected chi connectivity index (χ0v) is 14.0. The third-order valence-corrected chi connectivity index (χ3v) is 5.66. The number of rotatable bonds is 3. The van der Waals surface area contributed by atoms with Crippen molar-refractivity contribution in [3.8, 4) is 0 Å². The van der Waals surface area contributed by atoms with Gasteiger partial charge in [0.15, 0.2) is 0 Å². The van der Waals surface area contributed by atoms with Crippen molar-refractivity contribution in [2.45, 2.75) is 39.0 Å². The predicted molar refractivity (Wildman–Crippen MR) is 86.0 cm³/mol. The van der Waals surface area contributed by atoms with Gasteiger partial charge in [-0.25, -0.2) is 9.97 Å². The molecule has 0 N–H and O–H groups in total. The van der Waals surface area contributed by atoms with Crippen molar-refractivity contribution >= 4 is 28.6 Å². The molecule has 2 aromatic rings. The summed E-state index contributed by atoms with van der Waals surface area (Å²) in [5.74, 6) is 0.594. The maximum Gasteiger partial charge on any atom is 0.228 e. The lowest BCUT2D eigenvalue weighted by molar-refractivity contribution is -0.131. The van der Waals surface area contributed by atoms with Crippen LogP contribution in [-0.4, -0.2) is 33.9 Å². The number of aromatic nitrogens is 2. The Hall–Kier alpha value is -1.27. The van der Waals surface area contributed by atoms with Crippen molar-refractivity contribution in [1.82, 2.24) is 14.9 Å². The van der Waals surface area contributed by atoms with Crippen LogP contribution in [0.3, 0.4) is 0 Å². The quantitative estimate of drug-likeness (QED) is 0.872. The first kappa shape index (κ1) is 14.7. The molecule has 4 nitrogen and oxygen atoms in total. The monoisotopic (exact) mass is 321 g/mol. The summed E-state index contributed by atoms with van der Waals surface area (Å²) >= 11 is 3.36. The van der Waals surface area contributed by atoms with Crippen LogP contribution >= 0.6 is 22.7 Å². The van der Waals surface area contributed by atoms with Gasteiger partial charge in [0.1, 0.15) is 0 Å². The number of carbonyl (C=O) groups excluding carboxylic acids is 1. The fraction of sp³-hybridized carbons (Fsp3) is 0.533. The molecule has 1 aliphatic rings. The van der Waals surface area contributed by atoms with E-state index >= 15 is 0 Å². The van der Waals surface area contributed by atoms with E-state index in [1.807, 2.05) is 23.4 Å². The minimum absolute atomic E-state index is 0.193. The number of aryl methyl sites for hydroxylation is 2. The minimum Gasteiger partial charge on any atom is -0.342 e. The molecule has 3 rings (SSSR count). The molecule has 0 unspecified atom stereocenters. The number of carbonyl (C=O) groups is 1. The van der Waals surface area contributed by atoms with Crippen molar-refractivity contribution in [1.29, 1.82) is 0 Å². The number of thiazole rings is 2. The van der Waals surface area contributed by atoms with E-state index in [0.29, 0.717) is 12.3 Å². The lowest BCUT2D eigenvalue weighted by Gasteiger charge is -2.31. The molecule has 1 aliphatic heterocycles. The maximum atomic E-state index is 12.4. The van der Waals surface area contributed by atoms with Crippen LogP contribution in [0.4, 0.5) is 0 Å².